The van der Waals surface area contributed by atoms with Gasteiger partial charge in [-0.15, -0.1) is 11.8 Å². The molecule has 2 heterocycles. The molecule has 5 heteroatoms. The zero-order chi connectivity index (χ0) is 16.1. The second-order valence-electron chi connectivity index (χ2n) is 6.96. The molecule has 0 aromatic rings. The van der Waals surface area contributed by atoms with E-state index in [2.05, 4.69) is 43.8 Å². The molecule has 5 atom stereocenters. The first-order valence-corrected chi connectivity index (χ1v) is 10.0. The van der Waals surface area contributed by atoms with E-state index in [1.54, 1.807) is 0 Å². The summed E-state index contributed by atoms with van der Waals surface area (Å²) in [5, 5.41) is 0.584. The van der Waals surface area contributed by atoms with E-state index in [1.807, 2.05) is 11.8 Å². The molecule has 0 bridgehead atoms. The van der Waals surface area contributed by atoms with Crippen LogP contribution in [0.3, 0.4) is 0 Å². The van der Waals surface area contributed by atoms with E-state index in [-0.39, 0.29) is 0 Å². The molecule has 0 aromatic carbocycles. The topological polar surface area (TPSA) is 24.9 Å². The molecule has 0 amide bonds. The second kappa shape index (κ2) is 8.88. The Hall–Kier alpha value is 0.190. The van der Waals surface area contributed by atoms with Crippen molar-refractivity contribution in [2.24, 2.45) is 5.92 Å². The maximum Gasteiger partial charge on any atom is 0.0709 e. The summed E-state index contributed by atoms with van der Waals surface area (Å²) in [5.41, 5.74) is 0. The van der Waals surface area contributed by atoms with Gasteiger partial charge in [0.1, 0.15) is 0 Å². The molecule has 4 nitrogen and oxygen atoms in total. The van der Waals surface area contributed by atoms with E-state index < -0.39 is 0 Å². The van der Waals surface area contributed by atoms with Crippen molar-refractivity contribution in [3.05, 3.63) is 0 Å². The predicted molar refractivity (Wildman–Crippen MR) is 94.5 cm³/mol. The first kappa shape index (κ1) is 18.5. The monoisotopic (exact) mass is 330 g/mol. The lowest BCUT2D eigenvalue weighted by Crippen LogP contribution is -2.51. The van der Waals surface area contributed by atoms with Crippen LogP contribution in [0.15, 0.2) is 0 Å². The van der Waals surface area contributed by atoms with Crippen molar-refractivity contribution in [3.8, 4) is 0 Å². The minimum Gasteiger partial charge on any atom is -0.379 e. The number of thioether (sulfide) groups is 1. The van der Waals surface area contributed by atoms with Crippen LogP contribution in [0.25, 0.3) is 0 Å². The lowest BCUT2D eigenvalue weighted by molar-refractivity contribution is -0.0909. The average molecular weight is 331 g/mol. The minimum absolute atomic E-state index is 0.347. The standard InChI is InChI=1S/C17H34N2O2S/c1-13(15(3)18-6-8-20-9-7-18)10-17-12-19(16(4)22-5)11-14(2)21-17/h13-17H,6-12H2,1-5H3/t13?,14-,15?,16?,17?/m0/s1. The van der Waals surface area contributed by atoms with Gasteiger partial charge in [0.25, 0.3) is 0 Å². The van der Waals surface area contributed by atoms with Crippen molar-refractivity contribution < 1.29 is 9.47 Å². The Morgan fingerprint density at radius 2 is 1.77 bits per heavy atom. The van der Waals surface area contributed by atoms with Gasteiger partial charge in [-0.1, -0.05) is 6.92 Å². The summed E-state index contributed by atoms with van der Waals surface area (Å²) >= 11 is 1.93. The highest BCUT2D eigenvalue weighted by molar-refractivity contribution is 7.99. The average Bonchev–Trinajstić information content (AvgIpc) is 2.53. The van der Waals surface area contributed by atoms with Crippen molar-refractivity contribution in [1.29, 1.82) is 0 Å². The SMILES string of the molecule is CSC(C)N1CC(CC(C)C(C)N2CCOCC2)O[C@@H](C)C1. The van der Waals surface area contributed by atoms with E-state index in [0.717, 1.165) is 45.8 Å². The van der Waals surface area contributed by atoms with Gasteiger partial charge in [-0.25, -0.2) is 0 Å². The molecule has 2 aliphatic heterocycles. The molecule has 130 valence electrons. The summed E-state index contributed by atoms with van der Waals surface area (Å²) in [6, 6.07) is 0.608. The van der Waals surface area contributed by atoms with Crippen LogP contribution in [-0.2, 0) is 9.47 Å². The van der Waals surface area contributed by atoms with Gasteiger partial charge in [-0.05, 0) is 39.4 Å². The third kappa shape index (κ3) is 5.10. The highest BCUT2D eigenvalue weighted by atomic mass is 32.2. The molecule has 0 aromatic heterocycles. The molecule has 22 heavy (non-hydrogen) atoms. The normalized spacial score (nSPS) is 32.6. The molecule has 0 spiro atoms. The molecule has 2 aliphatic rings. The zero-order valence-corrected chi connectivity index (χ0v) is 15.8. The molecular formula is C17H34N2O2S. The summed E-state index contributed by atoms with van der Waals surface area (Å²) in [6.07, 6.45) is 4.07. The summed E-state index contributed by atoms with van der Waals surface area (Å²) in [7, 11) is 0. The van der Waals surface area contributed by atoms with Gasteiger partial charge in [-0.3, -0.25) is 9.80 Å². The Morgan fingerprint density at radius 1 is 1.09 bits per heavy atom. The van der Waals surface area contributed by atoms with Crippen molar-refractivity contribution in [3.63, 3.8) is 0 Å². The minimum atomic E-state index is 0.347. The maximum atomic E-state index is 6.23. The molecule has 0 radical (unpaired) electrons. The van der Waals surface area contributed by atoms with Crippen LogP contribution in [0.4, 0.5) is 0 Å². The molecule has 2 saturated heterocycles. The predicted octanol–water partition coefficient (Wildman–Crippen LogP) is 2.53. The molecule has 2 fully saturated rings. The number of rotatable bonds is 6. The molecule has 0 N–H and O–H groups in total. The van der Waals surface area contributed by atoms with E-state index in [4.69, 9.17) is 9.47 Å². The summed E-state index contributed by atoms with van der Waals surface area (Å²) < 4.78 is 11.7. The smallest absolute Gasteiger partial charge is 0.0709 e. The first-order chi connectivity index (χ1) is 10.5. The summed E-state index contributed by atoms with van der Waals surface area (Å²) in [6.45, 7) is 15.3. The lowest BCUT2D eigenvalue weighted by Gasteiger charge is -2.42. The van der Waals surface area contributed by atoms with Crippen LogP contribution in [0.1, 0.15) is 34.1 Å². The quantitative estimate of drug-likeness (QED) is 0.745. The van der Waals surface area contributed by atoms with E-state index in [9.17, 15) is 0 Å². The maximum absolute atomic E-state index is 6.23. The van der Waals surface area contributed by atoms with E-state index in [0.29, 0.717) is 29.5 Å². The molecule has 2 rings (SSSR count). The summed E-state index contributed by atoms with van der Waals surface area (Å²) in [4.78, 5) is 5.15. The zero-order valence-electron chi connectivity index (χ0n) is 15.0. The van der Waals surface area contributed by atoms with Gasteiger partial charge in [-0.2, -0.15) is 0 Å². The van der Waals surface area contributed by atoms with Crippen LogP contribution in [0, 0.1) is 5.92 Å². The Labute approximate surface area is 140 Å². The van der Waals surface area contributed by atoms with Crippen LogP contribution in [0.5, 0.6) is 0 Å². The van der Waals surface area contributed by atoms with Crippen LogP contribution >= 0.6 is 11.8 Å². The third-order valence-electron chi connectivity index (χ3n) is 5.29. The summed E-state index contributed by atoms with van der Waals surface area (Å²) in [5.74, 6) is 0.653. The fourth-order valence-electron chi connectivity index (χ4n) is 3.61. The number of ether oxygens (including phenoxy) is 2. The Balaban J connectivity index is 1.85. The first-order valence-electron chi connectivity index (χ1n) is 8.75. The molecular weight excluding hydrogens is 296 g/mol. The lowest BCUT2D eigenvalue weighted by atomic mass is 9.94. The number of morpholine rings is 2. The Bertz CT molecular complexity index is 326. The van der Waals surface area contributed by atoms with Crippen LogP contribution in [-0.4, -0.2) is 79.1 Å². The van der Waals surface area contributed by atoms with Crippen molar-refractivity contribution in [1.82, 2.24) is 9.80 Å². The van der Waals surface area contributed by atoms with Crippen molar-refractivity contribution in [2.75, 3.05) is 45.6 Å². The van der Waals surface area contributed by atoms with Gasteiger partial charge >= 0.3 is 0 Å². The van der Waals surface area contributed by atoms with Gasteiger partial charge in [0, 0.05) is 32.2 Å². The second-order valence-corrected chi connectivity index (χ2v) is 8.11. The Morgan fingerprint density at radius 3 is 2.41 bits per heavy atom. The highest BCUT2D eigenvalue weighted by Crippen LogP contribution is 2.25. The fraction of sp³-hybridized carbons (Fsp3) is 1.00. The van der Waals surface area contributed by atoms with Crippen LogP contribution < -0.4 is 0 Å². The van der Waals surface area contributed by atoms with Gasteiger partial charge in [0.2, 0.25) is 0 Å². The molecule has 0 saturated carbocycles. The number of hydrogen-bond donors (Lipinski definition) is 0. The molecule has 4 unspecified atom stereocenters. The van der Waals surface area contributed by atoms with Gasteiger partial charge in [0.15, 0.2) is 0 Å². The number of nitrogens with zero attached hydrogens (tertiary/aromatic N) is 2. The van der Waals surface area contributed by atoms with E-state index in [1.165, 1.54) is 0 Å². The van der Waals surface area contributed by atoms with Crippen LogP contribution in [0.2, 0.25) is 0 Å². The number of hydrogen-bond acceptors (Lipinski definition) is 5. The van der Waals surface area contributed by atoms with E-state index >= 15 is 0 Å². The highest BCUT2D eigenvalue weighted by Gasteiger charge is 2.31. The van der Waals surface area contributed by atoms with Gasteiger partial charge in [0.05, 0.1) is 30.8 Å². The van der Waals surface area contributed by atoms with Gasteiger partial charge < -0.3 is 9.47 Å². The molecule has 0 aliphatic carbocycles. The Kier molecular flexibility index (Phi) is 7.48. The largest absolute Gasteiger partial charge is 0.379 e. The van der Waals surface area contributed by atoms with Crippen molar-refractivity contribution in [2.45, 2.75) is 57.7 Å². The van der Waals surface area contributed by atoms with Crippen molar-refractivity contribution >= 4 is 11.8 Å². The fourth-order valence-corrected chi connectivity index (χ4v) is 4.08. The third-order valence-corrected chi connectivity index (χ3v) is 6.27.